The molecule has 0 bridgehead atoms. The summed E-state index contributed by atoms with van der Waals surface area (Å²) in [6.45, 7) is 3.62. The first-order valence-electron chi connectivity index (χ1n) is 12.0. The van der Waals surface area contributed by atoms with E-state index in [-0.39, 0.29) is 24.5 Å². The molecule has 1 saturated carbocycles. The van der Waals surface area contributed by atoms with E-state index in [9.17, 15) is 9.90 Å². The molecule has 1 amide bonds. The van der Waals surface area contributed by atoms with Crippen LogP contribution in [-0.2, 0) is 4.79 Å². The molecule has 2 saturated heterocycles. The van der Waals surface area contributed by atoms with Gasteiger partial charge in [0, 0.05) is 42.6 Å². The summed E-state index contributed by atoms with van der Waals surface area (Å²) in [5.41, 5.74) is 2.28. The monoisotopic (exact) mass is 423 g/mol. The number of amides is 1. The van der Waals surface area contributed by atoms with Crippen molar-refractivity contribution in [2.75, 3.05) is 46.9 Å². The van der Waals surface area contributed by atoms with Gasteiger partial charge in [0.2, 0.25) is 5.91 Å². The van der Waals surface area contributed by atoms with Crippen LogP contribution in [0.3, 0.4) is 0 Å². The van der Waals surface area contributed by atoms with Gasteiger partial charge in [-0.25, -0.2) is 0 Å². The lowest BCUT2D eigenvalue weighted by molar-refractivity contribution is -0.140. The number of hydrogen-bond acceptors (Lipinski definition) is 4. The highest BCUT2D eigenvalue weighted by Gasteiger charge is 2.49. The Hall–Kier alpha value is -1.87. The molecule has 0 aromatic heterocycles. The lowest BCUT2D eigenvalue weighted by Crippen LogP contribution is -2.68. The number of carbonyl (C=O) groups excluding carboxylic acids is 1. The van der Waals surface area contributed by atoms with Crippen LogP contribution in [-0.4, -0.2) is 84.7 Å². The quantitative estimate of drug-likeness (QED) is 0.756. The highest BCUT2D eigenvalue weighted by molar-refractivity contribution is 5.79. The largest absolute Gasteiger partial charge is 0.395 e. The van der Waals surface area contributed by atoms with Crippen molar-refractivity contribution in [3.05, 3.63) is 35.4 Å². The van der Waals surface area contributed by atoms with E-state index < -0.39 is 0 Å². The first kappa shape index (κ1) is 22.3. The molecule has 168 valence electrons. The van der Waals surface area contributed by atoms with Crippen LogP contribution >= 0.6 is 0 Å². The summed E-state index contributed by atoms with van der Waals surface area (Å²) in [6, 6.07) is 8.99. The molecule has 31 heavy (non-hydrogen) atoms. The fourth-order valence-corrected chi connectivity index (χ4v) is 5.66. The summed E-state index contributed by atoms with van der Waals surface area (Å²) in [5, 5.41) is 10.1. The minimum atomic E-state index is 0.150. The zero-order valence-corrected chi connectivity index (χ0v) is 19.1. The first-order valence-corrected chi connectivity index (χ1v) is 12.0. The molecule has 4 rings (SSSR count). The van der Waals surface area contributed by atoms with Gasteiger partial charge in [0.25, 0.3) is 0 Å². The predicted molar refractivity (Wildman–Crippen MR) is 124 cm³/mol. The fourth-order valence-electron chi connectivity index (χ4n) is 5.66. The molecule has 1 N–H and O–H groups in total. The van der Waals surface area contributed by atoms with E-state index in [0.717, 1.165) is 57.4 Å². The Balaban J connectivity index is 1.49. The number of nitrogens with zero attached hydrogens (tertiary/aromatic N) is 3. The molecule has 1 aliphatic carbocycles. The highest BCUT2D eigenvalue weighted by Crippen LogP contribution is 2.42. The summed E-state index contributed by atoms with van der Waals surface area (Å²) in [5.74, 6) is 7.29. The second-order valence-electron chi connectivity index (χ2n) is 9.72. The van der Waals surface area contributed by atoms with Crippen LogP contribution in [0.1, 0.15) is 55.6 Å². The summed E-state index contributed by atoms with van der Waals surface area (Å²) >= 11 is 0. The fraction of sp³-hybridized carbons (Fsp3) is 0.654. The third-order valence-corrected chi connectivity index (χ3v) is 7.31. The van der Waals surface area contributed by atoms with Crippen LogP contribution in [0, 0.1) is 17.8 Å². The molecule has 5 nitrogen and oxygen atoms in total. The van der Waals surface area contributed by atoms with E-state index in [1.54, 1.807) is 0 Å². The van der Waals surface area contributed by atoms with E-state index in [2.05, 4.69) is 50.8 Å². The highest BCUT2D eigenvalue weighted by atomic mass is 16.3. The Labute approximate surface area is 187 Å². The van der Waals surface area contributed by atoms with Gasteiger partial charge in [0.05, 0.1) is 13.2 Å². The molecule has 3 aliphatic rings. The Morgan fingerprint density at radius 3 is 2.48 bits per heavy atom. The van der Waals surface area contributed by atoms with Crippen LogP contribution in [0.2, 0.25) is 0 Å². The number of benzene rings is 1. The van der Waals surface area contributed by atoms with Gasteiger partial charge in [-0.1, -0.05) is 36.8 Å². The third kappa shape index (κ3) is 4.98. The van der Waals surface area contributed by atoms with Gasteiger partial charge in [-0.2, -0.15) is 0 Å². The SMILES string of the molecule is CN(C)CC#Cc1ccc([C@H]2[C@H]3CN(C(=O)C4CCCC4)CCCCN3[C@H]2CO)cc1. The van der Waals surface area contributed by atoms with Gasteiger partial charge in [-0.3, -0.25) is 14.6 Å². The number of aliphatic hydroxyl groups is 1. The maximum Gasteiger partial charge on any atom is 0.225 e. The Morgan fingerprint density at radius 1 is 1.10 bits per heavy atom. The van der Waals surface area contributed by atoms with Crippen molar-refractivity contribution >= 4 is 5.91 Å². The molecule has 0 unspecified atom stereocenters. The van der Waals surface area contributed by atoms with Gasteiger partial charge in [0.15, 0.2) is 0 Å². The standard InChI is InChI=1S/C26H37N3O2/c1-27(2)15-7-8-20-11-13-21(14-12-20)25-23-18-28(26(31)22-9-3-4-10-22)16-5-6-17-29(23)24(25)19-30/h11-14,22-25,30H,3-6,9-10,15-19H2,1-2H3/t23-,24+,25+/m1/s1. The molecule has 3 atom stereocenters. The molecule has 1 aromatic carbocycles. The van der Waals surface area contributed by atoms with Gasteiger partial charge in [-0.15, -0.1) is 0 Å². The number of rotatable bonds is 4. The van der Waals surface area contributed by atoms with Crippen molar-refractivity contribution in [2.45, 2.75) is 56.5 Å². The molecule has 2 heterocycles. The Kier molecular flexibility index (Phi) is 7.32. The van der Waals surface area contributed by atoms with Crippen molar-refractivity contribution in [1.29, 1.82) is 0 Å². The van der Waals surface area contributed by atoms with Crippen molar-refractivity contribution in [3.8, 4) is 11.8 Å². The predicted octanol–water partition coefficient (Wildman–Crippen LogP) is 2.54. The first-order chi connectivity index (χ1) is 15.1. The molecular formula is C26H37N3O2. The zero-order chi connectivity index (χ0) is 21.8. The van der Waals surface area contributed by atoms with E-state index >= 15 is 0 Å². The lowest BCUT2D eigenvalue weighted by atomic mass is 9.74. The average molecular weight is 424 g/mol. The van der Waals surface area contributed by atoms with Gasteiger partial charge < -0.3 is 10.0 Å². The normalized spacial score (nSPS) is 27.1. The number of aliphatic hydroxyl groups excluding tert-OH is 1. The third-order valence-electron chi connectivity index (χ3n) is 7.31. The van der Waals surface area contributed by atoms with Gasteiger partial charge >= 0.3 is 0 Å². The van der Waals surface area contributed by atoms with Crippen LogP contribution in [0.15, 0.2) is 24.3 Å². The number of hydrogen-bond donors (Lipinski definition) is 1. The summed E-state index contributed by atoms with van der Waals surface area (Å²) in [6.07, 6.45) is 6.66. The van der Waals surface area contributed by atoms with Crippen molar-refractivity contribution in [3.63, 3.8) is 0 Å². The van der Waals surface area contributed by atoms with Crippen molar-refractivity contribution < 1.29 is 9.90 Å². The number of fused-ring (bicyclic) bond motifs is 1. The maximum absolute atomic E-state index is 13.2. The lowest BCUT2D eigenvalue weighted by Gasteiger charge is -2.57. The van der Waals surface area contributed by atoms with Crippen LogP contribution < -0.4 is 0 Å². The van der Waals surface area contributed by atoms with Crippen LogP contribution in [0.25, 0.3) is 0 Å². The van der Waals surface area contributed by atoms with Crippen LogP contribution in [0.4, 0.5) is 0 Å². The van der Waals surface area contributed by atoms with Crippen molar-refractivity contribution in [2.24, 2.45) is 5.92 Å². The smallest absolute Gasteiger partial charge is 0.225 e. The van der Waals surface area contributed by atoms with E-state index in [1.807, 2.05) is 14.1 Å². The van der Waals surface area contributed by atoms with E-state index in [1.165, 1.54) is 18.4 Å². The Bertz CT molecular complexity index is 804. The minimum Gasteiger partial charge on any atom is -0.395 e. The molecule has 5 heteroatoms. The zero-order valence-electron chi connectivity index (χ0n) is 19.1. The molecule has 3 fully saturated rings. The topological polar surface area (TPSA) is 47.0 Å². The molecular weight excluding hydrogens is 386 g/mol. The second-order valence-corrected chi connectivity index (χ2v) is 9.72. The molecule has 0 spiro atoms. The Morgan fingerprint density at radius 2 is 1.81 bits per heavy atom. The van der Waals surface area contributed by atoms with Crippen molar-refractivity contribution in [1.82, 2.24) is 14.7 Å². The molecule has 1 aromatic rings. The second kappa shape index (κ2) is 10.2. The summed E-state index contributed by atoms with van der Waals surface area (Å²) in [7, 11) is 4.04. The number of carbonyl (C=O) groups is 1. The summed E-state index contributed by atoms with van der Waals surface area (Å²) in [4.78, 5) is 19.8. The van der Waals surface area contributed by atoms with E-state index in [0.29, 0.717) is 11.9 Å². The maximum atomic E-state index is 13.2. The van der Waals surface area contributed by atoms with Crippen LogP contribution in [0.5, 0.6) is 0 Å². The van der Waals surface area contributed by atoms with Gasteiger partial charge in [-0.05, 0) is 64.0 Å². The van der Waals surface area contributed by atoms with E-state index in [4.69, 9.17) is 0 Å². The molecule has 0 radical (unpaired) electrons. The van der Waals surface area contributed by atoms with Gasteiger partial charge in [0.1, 0.15) is 0 Å². The average Bonchev–Trinajstić information content (AvgIpc) is 3.28. The molecule has 2 aliphatic heterocycles. The minimum absolute atomic E-state index is 0.150. The summed E-state index contributed by atoms with van der Waals surface area (Å²) < 4.78 is 0.